The number of rotatable bonds is 35. The Morgan fingerprint density at radius 1 is 0.479 bits per heavy atom. The fraction of sp³-hybridized carbons (Fsp3) is 0.856. The summed E-state index contributed by atoms with van der Waals surface area (Å²) in [4.78, 5) is 58.4. The van der Waals surface area contributed by atoms with Crippen molar-refractivity contribution in [1.82, 2.24) is 5.32 Å². The molecule has 47 nitrogen and oxygen atoms in total. The monoisotopic (exact) mass is 2070 g/mol. The van der Waals surface area contributed by atoms with Gasteiger partial charge in [-0.1, -0.05) is 84.4 Å². The van der Waals surface area contributed by atoms with E-state index in [-0.39, 0.29) is 61.5 Å². The minimum absolute atomic E-state index is 0.0567. The van der Waals surface area contributed by atoms with Gasteiger partial charge in [0.05, 0.1) is 99.6 Å². The van der Waals surface area contributed by atoms with Crippen molar-refractivity contribution in [3.05, 3.63) is 60.3 Å². The van der Waals surface area contributed by atoms with E-state index < -0.39 is 378 Å². The lowest BCUT2D eigenvalue weighted by atomic mass is 9.33. The first kappa shape index (κ1) is 116. The van der Waals surface area contributed by atoms with Crippen molar-refractivity contribution >= 4 is 23.8 Å². The number of carbonyl (C=O) groups excluding carboxylic acids is 4. The lowest BCUT2D eigenvalue weighted by Gasteiger charge is -2.72. The minimum atomic E-state index is -2.30. The Kier molecular flexibility index (Phi) is 37.2. The third-order valence-corrected chi connectivity index (χ3v) is 33.6. The van der Waals surface area contributed by atoms with Gasteiger partial charge >= 0.3 is 17.9 Å². The van der Waals surface area contributed by atoms with Gasteiger partial charge < -0.3 is 213 Å². The highest BCUT2D eigenvalue weighted by Crippen LogP contribution is 2.76. The highest BCUT2D eigenvalue weighted by molar-refractivity contribution is 5.89. The molecule has 13 aliphatic rings. The summed E-state index contributed by atoms with van der Waals surface area (Å²) in [6.45, 7) is 22.5. The van der Waals surface area contributed by atoms with Crippen LogP contribution in [0.25, 0.3) is 0 Å². The number of esters is 3. The zero-order chi connectivity index (χ0) is 106. The molecule has 144 heavy (non-hydrogen) atoms. The maximum atomic E-state index is 16.9. The molecule has 0 unspecified atom stereocenters. The lowest BCUT2D eigenvalue weighted by molar-refractivity contribution is -0.390. The van der Waals surface area contributed by atoms with Crippen molar-refractivity contribution in [1.29, 1.82) is 0 Å². The molecule has 0 bridgehead atoms. The number of amides is 1. The lowest BCUT2D eigenvalue weighted by Crippen LogP contribution is -2.70. The Bertz CT molecular complexity index is 4450. The molecule has 0 radical (unpaired) electrons. The van der Waals surface area contributed by atoms with Gasteiger partial charge in [0.1, 0.15) is 164 Å². The van der Waals surface area contributed by atoms with Crippen molar-refractivity contribution < 1.29 is 227 Å². The van der Waals surface area contributed by atoms with Crippen LogP contribution in [0.15, 0.2) is 60.3 Å². The summed E-state index contributed by atoms with van der Waals surface area (Å²) < 4.78 is 110. The zero-order valence-electron chi connectivity index (χ0n) is 83.0. The number of nitrogens with one attached hydrogen (secondary N) is 1. The molecule has 47 heteroatoms. The van der Waals surface area contributed by atoms with Crippen LogP contribution in [0.2, 0.25) is 0 Å². The predicted molar refractivity (Wildman–Crippen MR) is 485 cm³/mol. The summed E-state index contributed by atoms with van der Waals surface area (Å²) >= 11 is 0. The van der Waals surface area contributed by atoms with Gasteiger partial charge in [-0.25, -0.2) is 9.59 Å². The second-order valence-electron chi connectivity index (χ2n) is 43.7. The summed E-state index contributed by atoms with van der Waals surface area (Å²) in [6.07, 6.45) is -59.4. The SMILES string of the molecule is C=C[C@](C)(O)CC/C=C(\CO)C(=O)O[C@H]1[C@H](O)[C@@H](O)[C@H](O[C@](C)(C=C)CC/C=C(\CO)C(=O)O[C@H]2C[C@]3(C(=O)O[C@@H]4O[C@H](CO)[C@@H](O)[C@H](O)[C@H]4O[C@@H]4O[C@@H](C)[C@H](O[C@@H]5O[C@@H](CO)[C@H](O)[C@H]5O)[C@@H](O[C@@H]5O[C@H](CO)[C@@H](O)[C@H](O)[C@H]5O)[C@H]4O)[C@H](O)C[C@]4(C)C(=CC[C@@H]5[C@@]6(C)CC[C@H](O[C@@H]7O[C@H](CO[C@@H]8OC[C@H](O)[C@H](O)[C@H]8O[C@@H]8OC[C@@H](O)[C@H](O)[C@H]8O)[C@@H](O)[C@H](O)[C@H]7NC(C)=O)C(C)(C)[C@@H]6CC[C@]54C)[C@@H]3CC2(C)C)O[C@@H]1C. The molecule has 822 valence electrons. The maximum absolute atomic E-state index is 16.9. The van der Waals surface area contributed by atoms with E-state index in [0.29, 0.717) is 37.7 Å². The number of aliphatic hydroxyl groups is 24. The van der Waals surface area contributed by atoms with Gasteiger partial charge in [-0.15, -0.1) is 13.2 Å². The van der Waals surface area contributed by atoms with E-state index in [1.54, 1.807) is 20.8 Å². The van der Waals surface area contributed by atoms with Crippen LogP contribution in [0.1, 0.15) is 160 Å². The van der Waals surface area contributed by atoms with Crippen LogP contribution in [0.4, 0.5) is 0 Å². The molecule has 0 aromatic rings. The van der Waals surface area contributed by atoms with E-state index in [0.717, 1.165) is 0 Å². The van der Waals surface area contributed by atoms with Crippen LogP contribution < -0.4 is 5.32 Å². The molecule has 0 spiro atoms. The third kappa shape index (κ3) is 22.7. The number of hydrogen-bond acceptors (Lipinski definition) is 46. The number of fused-ring (bicyclic) bond motifs is 7. The second-order valence-corrected chi connectivity index (χ2v) is 43.7. The fourth-order valence-corrected chi connectivity index (χ4v) is 24.4. The standard InChI is InChI=1S/C97H153NO46/c1-15-92(10,126)25-17-19-44(33-100)80(124)138-74-40(3)131-86(72(121)68(74)117)144-93(11,16-2)26-18-20-43(32-99)79(123)136-57-31-97(89(125)143-88-78(67(116)62(111)50(35-102)134-88)142-85-73(122)76(140-84-71(120)66(115)61(110)49(34-101)132-84)75(41(4)130-85)139-83-70(119)63(112)51(36-103)133-83)46(29-90(57,6)7)45-21-22-54-94(12)27-24-56(91(8,9)53(94)23-28-95(54,13)96(45,14)30-55(97)107)137-81-58(98-42(5)104)65(114)64(113)52(135-81)39-129-87-77(60(109)48(106)38-128-87)141-82-69(118)59(108)47(105)37-127-82/h15-16,19-21,40-41,46-78,81-88,99-103,105-122,126H,1-2,17-18,22-39H2,3-14H3,(H,98,104)/b43-20+,44-19+/t40-,41+,46+,47-,48+,49-,50-,51+,52-,53+,54-,55-,56+,57+,58-,59+,60+,61-,62-,63+,64-,65-,66+,67+,68-,69-,70-,71-,72-,73-,74-,75+,76+,77-,78-,81+,82+,83+,84+,85+,86+,87+,88+,92+,93-,94+,95-,96-,97-/m1/s1. The van der Waals surface area contributed by atoms with Crippen molar-refractivity contribution in [3.8, 4) is 0 Å². The number of ether oxygens (including phenoxy) is 18. The van der Waals surface area contributed by atoms with Gasteiger partial charge in [-0.05, 0) is 138 Å². The molecule has 12 fully saturated rings. The molecular weight excluding hydrogens is 1920 g/mol. The average Bonchev–Trinajstić information content (AvgIpc) is 0.709. The summed E-state index contributed by atoms with van der Waals surface area (Å²) in [5.41, 5.74) is -9.14. The largest absolute Gasteiger partial charge is 0.458 e. The topological polar surface area (TPSA) is 732 Å². The molecular formula is C97H153NO46. The van der Waals surface area contributed by atoms with Crippen LogP contribution in [0.5, 0.6) is 0 Å². The highest BCUT2D eigenvalue weighted by atomic mass is 16.8. The van der Waals surface area contributed by atoms with E-state index in [1.165, 1.54) is 52.0 Å². The third-order valence-electron chi connectivity index (χ3n) is 33.6. The Morgan fingerprint density at radius 2 is 0.979 bits per heavy atom. The van der Waals surface area contributed by atoms with E-state index in [4.69, 9.17) is 85.3 Å². The first-order valence-electron chi connectivity index (χ1n) is 49.6. The van der Waals surface area contributed by atoms with Crippen molar-refractivity contribution in [2.75, 3.05) is 52.9 Å². The van der Waals surface area contributed by atoms with Gasteiger partial charge in [0.15, 0.2) is 56.2 Å². The van der Waals surface area contributed by atoms with Gasteiger partial charge in [0.2, 0.25) is 12.2 Å². The van der Waals surface area contributed by atoms with Crippen LogP contribution in [0, 0.1) is 50.2 Å². The summed E-state index contributed by atoms with van der Waals surface area (Å²) in [5.74, 6) is -5.48. The number of aliphatic hydroxyl groups excluding tert-OH is 23. The quantitative estimate of drug-likeness (QED) is 0.00923. The molecule has 8 aliphatic heterocycles. The number of hydrogen-bond donors (Lipinski definition) is 25. The molecule has 5 aliphatic carbocycles. The molecule has 8 saturated heterocycles. The van der Waals surface area contributed by atoms with Gasteiger partial charge in [0, 0.05) is 18.8 Å². The smallest absolute Gasteiger partial charge is 0.336 e. The molecule has 0 aromatic carbocycles. The molecule has 25 N–H and O–H groups in total. The Balaban J connectivity index is 0.786. The van der Waals surface area contributed by atoms with E-state index in [1.807, 2.05) is 20.8 Å². The molecule has 13 rings (SSSR count). The number of allylic oxidation sites excluding steroid dienone is 4. The van der Waals surface area contributed by atoms with E-state index >= 15 is 9.59 Å². The molecule has 8 heterocycles. The van der Waals surface area contributed by atoms with E-state index in [2.05, 4.69) is 38.4 Å². The van der Waals surface area contributed by atoms with Crippen molar-refractivity contribution in [2.24, 2.45) is 50.2 Å². The maximum Gasteiger partial charge on any atom is 0.336 e. The van der Waals surface area contributed by atoms with Crippen molar-refractivity contribution in [2.45, 2.75) is 417 Å². The molecule has 49 atom stereocenters. The Labute approximate surface area is 833 Å². The van der Waals surface area contributed by atoms with Crippen LogP contribution in [0.3, 0.4) is 0 Å². The molecule has 1 amide bonds. The highest BCUT2D eigenvalue weighted by Gasteiger charge is 2.74. The van der Waals surface area contributed by atoms with Crippen LogP contribution in [-0.4, -0.2) is 456 Å². The van der Waals surface area contributed by atoms with Crippen molar-refractivity contribution in [3.63, 3.8) is 0 Å². The molecule has 0 aromatic heterocycles. The summed E-state index contributed by atoms with van der Waals surface area (Å²) in [7, 11) is 0. The Morgan fingerprint density at radius 3 is 1.58 bits per heavy atom. The molecule has 4 saturated carbocycles. The van der Waals surface area contributed by atoms with Crippen LogP contribution in [-0.2, 0) is 104 Å². The average molecular weight is 2070 g/mol. The summed E-state index contributed by atoms with van der Waals surface area (Å²) in [6, 6.07) is -1.38. The van der Waals surface area contributed by atoms with Gasteiger partial charge in [-0.2, -0.15) is 0 Å². The van der Waals surface area contributed by atoms with Crippen LogP contribution >= 0.6 is 0 Å². The van der Waals surface area contributed by atoms with Gasteiger partial charge in [-0.3, -0.25) is 9.59 Å². The Hall–Kier alpha value is -4.98. The second kappa shape index (κ2) is 46.1. The van der Waals surface area contributed by atoms with E-state index in [9.17, 15) is 132 Å². The normalized spacial score (nSPS) is 47.4. The minimum Gasteiger partial charge on any atom is -0.458 e. The first-order valence-corrected chi connectivity index (χ1v) is 49.6. The zero-order valence-corrected chi connectivity index (χ0v) is 83.0. The number of carbonyl (C=O) groups is 4. The summed E-state index contributed by atoms with van der Waals surface area (Å²) in [5, 5.41) is 271. The first-order chi connectivity index (χ1) is 67.5. The van der Waals surface area contributed by atoms with Gasteiger partial charge in [0.25, 0.3) is 0 Å². The fourth-order valence-electron chi connectivity index (χ4n) is 24.4. The predicted octanol–water partition coefficient (Wildman–Crippen LogP) is -6.31.